The molecule has 1 saturated heterocycles. The van der Waals surface area contributed by atoms with Gasteiger partial charge in [-0.15, -0.1) is 0 Å². The van der Waals surface area contributed by atoms with Crippen LogP contribution in [0.4, 0.5) is 0 Å². The Bertz CT molecular complexity index is 504. The Labute approximate surface area is 133 Å². The van der Waals surface area contributed by atoms with Crippen molar-refractivity contribution in [2.45, 2.75) is 19.8 Å². The van der Waals surface area contributed by atoms with E-state index >= 15 is 0 Å². The summed E-state index contributed by atoms with van der Waals surface area (Å²) in [4.78, 5) is 24.7. The van der Waals surface area contributed by atoms with Crippen molar-refractivity contribution in [3.63, 3.8) is 0 Å². The number of hydrogen-bond donors (Lipinski definition) is 0. The highest BCUT2D eigenvalue weighted by Gasteiger charge is 2.30. The van der Waals surface area contributed by atoms with E-state index in [-0.39, 0.29) is 11.8 Å². The van der Waals surface area contributed by atoms with Gasteiger partial charge in [-0.2, -0.15) is 0 Å². The van der Waals surface area contributed by atoms with Crippen LogP contribution in [0.25, 0.3) is 0 Å². The molecule has 0 spiro atoms. The molecule has 0 unspecified atom stereocenters. The minimum atomic E-state index is -0.134. The first-order valence-electron chi connectivity index (χ1n) is 7.09. The molecule has 1 fully saturated rings. The molecule has 0 atom stereocenters. The Hall–Kier alpha value is -1.40. The molecule has 0 aliphatic carbocycles. The normalized spacial score (nSPS) is 14.6. The van der Waals surface area contributed by atoms with Gasteiger partial charge in [0.1, 0.15) is 0 Å². The Morgan fingerprint density at radius 3 is 2.52 bits per heavy atom. The van der Waals surface area contributed by atoms with Crippen molar-refractivity contribution in [1.82, 2.24) is 10.0 Å². The number of benzene rings is 1. The van der Waals surface area contributed by atoms with E-state index in [4.69, 9.17) is 4.74 Å². The van der Waals surface area contributed by atoms with E-state index in [0.717, 1.165) is 10.9 Å². The van der Waals surface area contributed by atoms with Crippen molar-refractivity contribution in [2.24, 2.45) is 0 Å². The molecule has 1 aliphatic rings. The number of nitrogens with zero attached hydrogens (tertiary/aromatic N) is 2. The molecule has 0 radical (unpaired) electrons. The van der Waals surface area contributed by atoms with Gasteiger partial charge in [-0.1, -0.05) is 15.9 Å². The van der Waals surface area contributed by atoms with Crippen LogP contribution >= 0.6 is 15.9 Å². The van der Waals surface area contributed by atoms with Crippen LogP contribution in [0, 0.1) is 0 Å². The van der Waals surface area contributed by atoms with Gasteiger partial charge in [-0.25, -0.2) is 5.01 Å². The van der Waals surface area contributed by atoms with Gasteiger partial charge in [0, 0.05) is 29.7 Å². The van der Waals surface area contributed by atoms with E-state index in [9.17, 15) is 9.59 Å². The number of halogens is 1. The van der Waals surface area contributed by atoms with Crippen LogP contribution in [-0.4, -0.2) is 48.1 Å². The molecule has 0 saturated carbocycles. The van der Waals surface area contributed by atoms with Gasteiger partial charge in [-0.3, -0.25) is 14.6 Å². The maximum Gasteiger partial charge on any atom is 0.272 e. The van der Waals surface area contributed by atoms with Crippen molar-refractivity contribution in [3.8, 4) is 0 Å². The van der Waals surface area contributed by atoms with Crippen LogP contribution in [-0.2, 0) is 9.53 Å². The molecule has 0 N–H and O–H groups in total. The smallest absolute Gasteiger partial charge is 0.272 e. The molecule has 1 aliphatic heterocycles. The number of carbonyl (C=O) groups excluding carboxylic acids is 2. The summed E-state index contributed by atoms with van der Waals surface area (Å²) in [5, 5.41) is 3.08. The molecule has 2 amide bonds. The SMILES string of the molecule is CCOCCC(=O)N1CCCN1C(=O)c1ccc(Br)cc1. The van der Waals surface area contributed by atoms with Gasteiger partial charge in [0.05, 0.1) is 13.0 Å². The number of amides is 2. The zero-order valence-electron chi connectivity index (χ0n) is 12.0. The highest BCUT2D eigenvalue weighted by Crippen LogP contribution is 2.18. The summed E-state index contributed by atoms with van der Waals surface area (Å²) in [6.45, 7) is 4.05. The topological polar surface area (TPSA) is 49.9 Å². The van der Waals surface area contributed by atoms with Crippen LogP contribution in [0.1, 0.15) is 30.1 Å². The molecule has 1 heterocycles. The monoisotopic (exact) mass is 354 g/mol. The minimum absolute atomic E-state index is 0.0635. The van der Waals surface area contributed by atoms with Gasteiger partial charge >= 0.3 is 0 Å². The zero-order chi connectivity index (χ0) is 15.2. The molecular weight excluding hydrogens is 336 g/mol. The second-order valence-corrected chi connectivity index (χ2v) is 5.67. The number of hydrogen-bond acceptors (Lipinski definition) is 3. The Balaban J connectivity index is 2.02. The fourth-order valence-corrected chi connectivity index (χ4v) is 2.52. The van der Waals surface area contributed by atoms with E-state index < -0.39 is 0 Å². The van der Waals surface area contributed by atoms with E-state index in [1.165, 1.54) is 5.01 Å². The lowest BCUT2D eigenvalue weighted by Gasteiger charge is -2.28. The van der Waals surface area contributed by atoms with Crippen LogP contribution < -0.4 is 0 Å². The summed E-state index contributed by atoms with van der Waals surface area (Å²) in [5.74, 6) is -0.198. The summed E-state index contributed by atoms with van der Waals surface area (Å²) >= 11 is 3.35. The summed E-state index contributed by atoms with van der Waals surface area (Å²) in [7, 11) is 0. The van der Waals surface area contributed by atoms with Crippen molar-refractivity contribution >= 4 is 27.7 Å². The van der Waals surface area contributed by atoms with Crippen LogP contribution in [0.2, 0.25) is 0 Å². The maximum absolute atomic E-state index is 12.5. The molecule has 0 aromatic heterocycles. The molecule has 1 aromatic carbocycles. The average Bonchev–Trinajstić information content (AvgIpc) is 2.97. The van der Waals surface area contributed by atoms with E-state index in [1.54, 1.807) is 17.1 Å². The lowest BCUT2D eigenvalue weighted by molar-refractivity contribution is -0.141. The lowest BCUT2D eigenvalue weighted by Crippen LogP contribution is -2.45. The Morgan fingerprint density at radius 1 is 1.19 bits per heavy atom. The van der Waals surface area contributed by atoms with E-state index in [2.05, 4.69) is 15.9 Å². The molecule has 21 heavy (non-hydrogen) atoms. The third-order valence-corrected chi connectivity index (χ3v) is 3.84. The van der Waals surface area contributed by atoms with Crippen LogP contribution in [0.5, 0.6) is 0 Å². The largest absolute Gasteiger partial charge is 0.381 e. The van der Waals surface area contributed by atoms with Crippen molar-refractivity contribution in [1.29, 1.82) is 0 Å². The molecular formula is C15H19BrN2O3. The van der Waals surface area contributed by atoms with Crippen LogP contribution in [0.15, 0.2) is 28.7 Å². The first-order valence-corrected chi connectivity index (χ1v) is 7.88. The summed E-state index contributed by atoms with van der Waals surface area (Å²) in [5.41, 5.74) is 0.586. The fourth-order valence-electron chi connectivity index (χ4n) is 2.26. The predicted octanol–water partition coefficient (Wildman–Crippen LogP) is 2.47. The molecule has 5 nitrogen and oxygen atoms in total. The Morgan fingerprint density at radius 2 is 1.86 bits per heavy atom. The molecule has 114 valence electrons. The first kappa shape index (κ1) is 16.0. The van der Waals surface area contributed by atoms with Crippen LogP contribution in [0.3, 0.4) is 0 Å². The number of rotatable bonds is 5. The number of hydrazine groups is 1. The quantitative estimate of drug-likeness (QED) is 0.763. The van der Waals surface area contributed by atoms with Gasteiger partial charge in [0.2, 0.25) is 5.91 Å². The average molecular weight is 355 g/mol. The fraction of sp³-hybridized carbons (Fsp3) is 0.467. The highest BCUT2D eigenvalue weighted by molar-refractivity contribution is 9.10. The summed E-state index contributed by atoms with van der Waals surface area (Å²) in [6, 6.07) is 7.16. The van der Waals surface area contributed by atoms with E-state index in [0.29, 0.717) is 38.3 Å². The molecule has 0 bridgehead atoms. The minimum Gasteiger partial charge on any atom is -0.381 e. The van der Waals surface area contributed by atoms with Gasteiger partial charge in [0.25, 0.3) is 5.91 Å². The summed E-state index contributed by atoms with van der Waals surface area (Å²) < 4.78 is 6.12. The van der Waals surface area contributed by atoms with E-state index in [1.807, 2.05) is 19.1 Å². The predicted molar refractivity (Wildman–Crippen MR) is 82.6 cm³/mol. The van der Waals surface area contributed by atoms with Crippen molar-refractivity contribution < 1.29 is 14.3 Å². The standard InChI is InChI=1S/C15H19BrN2O3/c1-2-21-11-8-14(19)17-9-3-10-18(17)15(20)12-4-6-13(16)7-5-12/h4-7H,2-3,8-11H2,1H3. The molecule has 2 rings (SSSR count). The third kappa shape index (κ3) is 4.04. The second kappa shape index (κ2) is 7.56. The molecule has 6 heteroatoms. The highest BCUT2D eigenvalue weighted by atomic mass is 79.9. The Kier molecular flexibility index (Phi) is 5.76. The third-order valence-electron chi connectivity index (χ3n) is 3.31. The second-order valence-electron chi connectivity index (χ2n) is 4.75. The number of carbonyl (C=O) groups is 2. The van der Waals surface area contributed by atoms with Crippen molar-refractivity contribution in [3.05, 3.63) is 34.3 Å². The molecule has 1 aromatic rings. The maximum atomic E-state index is 12.5. The van der Waals surface area contributed by atoms with Gasteiger partial charge < -0.3 is 4.74 Å². The van der Waals surface area contributed by atoms with Gasteiger partial charge in [0.15, 0.2) is 0 Å². The zero-order valence-corrected chi connectivity index (χ0v) is 13.6. The summed E-state index contributed by atoms with van der Waals surface area (Å²) in [6.07, 6.45) is 1.11. The lowest BCUT2D eigenvalue weighted by atomic mass is 10.2. The first-order chi connectivity index (χ1) is 10.1. The van der Waals surface area contributed by atoms with Crippen molar-refractivity contribution in [2.75, 3.05) is 26.3 Å². The van der Waals surface area contributed by atoms with Gasteiger partial charge in [-0.05, 0) is 37.6 Å². The number of ether oxygens (including phenoxy) is 1.